The Morgan fingerprint density at radius 3 is 2.35 bits per heavy atom. The van der Waals surface area contributed by atoms with Crippen molar-refractivity contribution < 1.29 is 27.0 Å². The summed E-state index contributed by atoms with van der Waals surface area (Å²) in [5, 5.41) is 0. The average molecular weight is 370 g/mol. The van der Waals surface area contributed by atoms with E-state index in [2.05, 4.69) is 0 Å². The fourth-order valence-corrected chi connectivity index (χ4v) is 2.55. The van der Waals surface area contributed by atoms with Crippen LogP contribution in [-0.2, 0) is 12.8 Å². The SMILES string of the molecule is CCCCc1ccc(CC(F)COc2ccc(OC)cc2F)c(F)c1F. The lowest BCUT2D eigenvalue weighted by Gasteiger charge is -2.13. The van der Waals surface area contributed by atoms with Gasteiger partial charge in [0.05, 0.1) is 7.11 Å². The number of methoxy groups -OCH3 is 1. The van der Waals surface area contributed by atoms with E-state index in [1.54, 1.807) is 0 Å². The van der Waals surface area contributed by atoms with Crippen LogP contribution in [0.25, 0.3) is 0 Å². The summed E-state index contributed by atoms with van der Waals surface area (Å²) >= 11 is 0. The number of hydrogen-bond acceptors (Lipinski definition) is 2. The first-order valence-electron chi connectivity index (χ1n) is 8.52. The largest absolute Gasteiger partial charge is 0.497 e. The van der Waals surface area contributed by atoms with Crippen molar-refractivity contribution in [2.75, 3.05) is 13.7 Å². The summed E-state index contributed by atoms with van der Waals surface area (Å²) in [4.78, 5) is 0. The van der Waals surface area contributed by atoms with Gasteiger partial charge in [-0.25, -0.2) is 17.6 Å². The highest BCUT2D eigenvalue weighted by Crippen LogP contribution is 2.24. The van der Waals surface area contributed by atoms with Crippen molar-refractivity contribution in [3.63, 3.8) is 0 Å². The van der Waals surface area contributed by atoms with Gasteiger partial charge in [-0.3, -0.25) is 0 Å². The van der Waals surface area contributed by atoms with Crippen molar-refractivity contribution in [1.29, 1.82) is 0 Å². The van der Waals surface area contributed by atoms with Crippen molar-refractivity contribution >= 4 is 0 Å². The maximum absolute atomic E-state index is 14.1. The predicted octanol–water partition coefficient (Wildman–Crippen LogP) is 5.41. The molecule has 0 aromatic heterocycles. The lowest BCUT2D eigenvalue weighted by atomic mass is 10.0. The van der Waals surface area contributed by atoms with Gasteiger partial charge in [0, 0.05) is 12.5 Å². The molecule has 2 aromatic carbocycles. The van der Waals surface area contributed by atoms with Crippen molar-refractivity contribution in [3.05, 3.63) is 58.9 Å². The van der Waals surface area contributed by atoms with Gasteiger partial charge in [-0.05, 0) is 36.1 Å². The molecule has 26 heavy (non-hydrogen) atoms. The number of halogens is 4. The summed E-state index contributed by atoms with van der Waals surface area (Å²) in [6.45, 7) is 1.49. The fourth-order valence-electron chi connectivity index (χ4n) is 2.55. The summed E-state index contributed by atoms with van der Waals surface area (Å²) < 4.78 is 65.9. The summed E-state index contributed by atoms with van der Waals surface area (Å²) in [6.07, 6.45) is 0.108. The Hall–Kier alpha value is -2.24. The van der Waals surface area contributed by atoms with Crippen molar-refractivity contribution in [1.82, 2.24) is 0 Å². The van der Waals surface area contributed by atoms with Crippen LogP contribution < -0.4 is 9.47 Å². The minimum absolute atomic E-state index is 0.0611. The summed E-state index contributed by atoms with van der Waals surface area (Å²) in [6, 6.07) is 6.80. The summed E-state index contributed by atoms with van der Waals surface area (Å²) in [5.74, 6) is -2.46. The molecule has 2 rings (SSSR count). The highest BCUT2D eigenvalue weighted by atomic mass is 19.2. The van der Waals surface area contributed by atoms with Gasteiger partial charge in [-0.15, -0.1) is 0 Å². The number of rotatable bonds is 9. The monoisotopic (exact) mass is 370 g/mol. The number of aryl methyl sites for hydroxylation is 1. The van der Waals surface area contributed by atoms with E-state index in [0.29, 0.717) is 17.7 Å². The van der Waals surface area contributed by atoms with Gasteiger partial charge in [0.2, 0.25) is 0 Å². The topological polar surface area (TPSA) is 18.5 Å². The molecular formula is C20H22F4O2. The molecule has 0 spiro atoms. The Morgan fingerprint density at radius 1 is 1.00 bits per heavy atom. The summed E-state index contributed by atoms with van der Waals surface area (Å²) in [7, 11) is 1.40. The van der Waals surface area contributed by atoms with Crippen LogP contribution in [0.1, 0.15) is 30.9 Å². The number of benzene rings is 2. The molecule has 0 heterocycles. The Kier molecular flexibility index (Phi) is 7.30. The first kappa shape index (κ1) is 20.1. The molecule has 0 radical (unpaired) electrons. The molecule has 1 unspecified atom stereocenters. The average Bonchev–Trinajstić information content (AvgIpc) is 2.63. The predicted molar refractivity (Wildman–Crippen MR) is 92.0 cm³/mol. The van der Waals surface area contributed by atoms with Gasteiger partial charge in [0.25, 0.3) is 0 Å². The number of unbranched alkanes of at least 4 members (excludes halogenated alkanes) is 1. The maximum atomic E-state index is 14.1. The Balaban J connectivity index is 1.97. The molecular weight excluding hydrogens is 348 g/mol. The van der Waals surface area contributed by atoms with Crippen LogP contribution in [0.15, 0.2) is 30.3 Å². The van der Waals surface area contributed by atoms with Crippen LogP contribution in [0.2, 0.25) is 0 Å². The normalized spacial score (nSPS) is 12.1. The highest BCUT2D eigenvalue weighted by Gasteiger charge is 2.18. The lowest BCUT2D eigenvalue weighted by molar-refractivity contribution is 0.188. The maximum Gasteiger partial charge on any atom is 0.168 e. The molecule has 2 aromatic rings. The first-order chi connectivity index (χ1) is 12.5. The molecule has 1 atom stereocenters. The molecule has 0 aliphatic carbocycles. The third-order valence-corrected chi connectivity index (χ3v) is 4.04. The minimum atomic E-state index is -1.60. The van der Waals surface area contributed by atoms with Crippen LogP contribution in [-0.4, -0.2) is 19.9 Å². The van der Waals surface area contributed by atoms with E-state index >= 15 is 0 Å². The molecule has 0 saturated heterocycles. The molecule has 6 heteroatoms. The third-order valence-electron chi connectivity index (χ3n) is 4.04. The van der Waals surface area contributed by atoms with Gasteiger partial charge < -0.3 is 9.47 Å². The van der Waals surface area contributed by atoms with Gasteiger partial charge in [0.15, 0.2) is 23.2 Å². The quantitative estimate of drug-likeness (QED) is 0.549. The molecule has 0 bridgehead atoms. The second kappa shape index (κ2) is 9.46. The lowest BCUT2D eigenvalue weighted by Crippen LogP contribution is -2.17. The molecule has 0 saturated carbocycles. The van der Waals surface area contributed by atoms with E-state index in [-0.39, 0.29) is 17.7 Å². The Morgan fingerprint density at radius 2 is 1.69 bits per heavy atom. The molecule has 0 amide bonds. The number of alkyl halides is 1. The zero-order valence-corrected chi connectivity index (χ0v) is 14.8. The number of ether oxygens (including phenoxy) is 2. The van der Waals surface area contributed by atoms with Crippen molar-refractivity contribution in [2.24, 2.45) is 0 Å². The van der Waals surface area contributed by atoms with E-state index in [0.717, 1.165) is 18.9 Å². The highest BCUT2D eigenvalue weighted by molar-refractivity contribution is 5.33. The van der Waals surface area contributed by atoms with Gasteiger partial charge in [-0.2, -0.15) is 0 Å². The third kappa shape index (κ3) is 5.13. The van der Waals surface area contributed by atoms with E-state index in [4.69, 9.17) is 9.47 Å². The van der Waals surface area contributed by atoms with Crippen molar-refractivity contribution in [2.45, 2.75) is 38.8 Å². The van der Waals surface area contributed by atoms with Crippen LogP contribution in [0.5, 0.6) is 11.5 Å². The van der Waals surface area contributed by atoms with Crippen LogP contribution >= 0.6 is 0 Å². The zero-order valence-electron chi connectivity index (χ0n) is 14.8. The zero-order chi connectivity index (χ0) is 19.1. The van der Waals surface area contributed by atoms with E-state index in [9.17, 15) is 17.6 Å². The standard InChI is InChI=1S/C20H22F4O2/c1-3-4-5-13-6-7-14(20(24)19(13)23)10-15(21)12-26-18-9-8-16(25-2)11-17(18)22/h6-9,11,15H,3-5,10,12H2,1-2H3. The molecule has 0 aliphatic heterocycles. The molecule has 0 fully saturated rings. The molecule has 2 nitrogen and oxygen atoms in total. The molecule has 0 aliphatic rings. The van der Waals surface area contributed by atoms with Crippen LogP contribution in [0.3, 0.4) is 0 Å². The Bertz CT molecular complexity index is 734. The second-order valence-electron chi connectivity index (χ2n) is 6.02. The smallest absolute Gasteiger partial charge is 0.168 e. The van der Waals surface area contributed by atoms with Crippen LogP contribution in [0.4, 0.5) is 17.6 Å². The minimum Gasteiger partial charge on any atom is -0.497 e. The van der Waals surface area contributed by atoms with E-state index < -0.39 is 30.2 Å². The van der Waals surface area contributed by atoms with Crippen LogP contribution in [0, 0.1) is 17.5 Å². The van der Waals surface area contributed by atoms with Crippen molar-refractivity contribution in [3.8, 4) is 11.5 Å². The fraction of sp³-hybridized carbons (Fsp3) is 0.400. The van der Waals surface area contributed by atoms with Gasteiger partial charge >= 0.3 is 0 Å². The second-order valence-corrected chi connectivity index (χ2v) is 6.02. The van der Waals surface area contributed by atoms with E-state index in [1.165, 1.54) is 31.4 Å². The first-order valence-corrected chi connectivity index (χ1v) is 8.52. The molecule has 0 N–H and O–H groups in total. The molecule has 142 valence electrons. The summed E-state index contributed by atoms with van der Waals surface area (Å²) in [5.41, 5.74) is 0.231. The van der Waals surface area contributed by atoms with Gasteiger partial charge in [0.1, 0.15) is 18.5 Å². The Labute approximate surface area is 150 Å². The van der Waals surface area contributed by atoms with E-state index in [1.807, 2.05) is 6.92 Å². The van der Waals surface area contributed by atoms with Gasteiger partial charge in [-0.1, -0.05) is 25.5 Å². The number of hydrogen-bond donors (Lipinski definition) is 0.